The number of nitrogens with zero attached hydrogens (tertiary/aromatic N) is 1. The van der Waals surface area contributed by atoms with Crippen LogP contribution < -0.4 is 0 Å². The van der Waals surface area contributed by atoms with Crippen molar-refractivity contribution in [2.45, 2.75) is 26.1 Å². The van der Waals surface area contributed by atoms with Gasteiger partial charge in [-0.25, -0.2) is 9.59 Å². The Kier molecular flexibility index (Phi) is 3.57. The van der Waals surface area contributed by atoms with Crippen LogP contribution in [0.1, 0.15) is 25.0 Å². The average Bonchev–Trinajstić information content (AvgIpc) is 2.35. The molecule has 0 saturated carbocycles. The van der Waals surface area contributed by atoms with Gasteiger partial charge in [0.25, 0.3) is 5.79 Å². The zero-order valence-electron chi connectivity index (χ0n) is 11.2. The zero-order chi connectivity index (χ0) is 14.8. The first-order valence-electron chi connectivity index (χ1n) is 6.05. The molecule has 1 heterocycles. The minimum absolute atomic E-state index is 0.141. The predicted octanol–water partition coefficient (Wildman–Crippen LogP) is 1.97. The number of cyclic esters (lactones) is 2. The maximum Gasteiger partial charge on any atom is 0.348 e. The lowest BCUT2D eigenvalue weighted by atomic mass is 10.1. The van der Waals surface area contributed by atoms with E-state index in [1.54, 1.807) is 24.3 Å². The van der Waals surface area contributed by atoms with Gasteiger partial charge < -0.3 is 9.47 Å². The summed E-state index contributed by atoms with van der Waals surface area (Å²) < 4.78 is 10.00. The lowest BCUT2D eigenvalue weighted by Gasteiger charge is -2.29. The van der Waals surface area contributed by atoms with Crippen LogP contribution in [0.3, 0.4) is 0 Å². The summed E-state index contributed by atoms with van der Waals surface area (Å²) in [6, 6.07) is 9.01. The van der Waals surface area contributed by atoms with Crippen molar-refractivity contribution in [2.24, 2.45) is 0 Å². The van der Waals surface area contributed by atoms with Crippen molar-refractivity contribution in [2.75, 3.05) is 0 Å². The summed E-state index contributed by atoms with van der Waals surface area (Å²) >= 11 is 0. The average molecular weight is 271 g/mol. The number of carbonyl (C=O) groups is 2. The van der Waals surface area contributed by atoms with E-state index in [-0.39, 0.29) is 5.57 Å². The maximum absolute atomic E-state index is 11.8. The number of hydrogen-bond acceptors (Lipinski definition) is 5. The van der Waals surface area contributed by atoms with E-state index in [2.05, 4.69) is 0 Å². The maximum atomic E-state index is 11.8. The second-order valence-electron chi connectivity index (χ2n) is 4.81. The first kappa shape index (κ1) is 13.8. The summed E-state index contributed by atoms with van der Waals surface area (Å²) in [7, 11) is 0. The van der Waals surface area contributed by atoms with Gasteiger partial charge >= 0.3 is 11.9 Å². The highest BCUT2D eigenvalue weighted by atomic mass is 16.7. The van der Waals surface area contributed by atoms with Crippen molar-refractivity contribution >= 4 is 18.0 Å². The van der Waals surface area contributed by atoms with Gasteiger partial charge in [0.1, 0.15) is 5.57 Å². The molecule has 0 aliphatic carbocycles. The normalized spacial score (nSPS) is 16.9. The molecule has 1 fully saturated rings. The molecule has 0 bridgehead atoms. The third-order valence-corrected chi connectivity index (χ3v) is 2.69. The Hall–Kier alpha value is -2.61. The van der Waals surface area contributed by atoms with Crippen molar-refractivity contribution in [1.82, 2.24) is 0 Å². The summed E-state index contributed by atoms with van der Waals surface area (Å²) in [6.45, 7) is 2.99. The molecule has 5 heteroatoms. The van der Waals surface area contributed by atoms with E-state index in [9.17, 15) is 9.59 Å². The molecule has 0 N–H and O–H groups in total. The van der Waals surface area contributed by atoms with Crippen LogP contribution in [0, 0.1) is 11.3 Å². The summed E-state index contributed by atoms with van der Waals surface area (Å²) in [5.41, 5.74) is 1.39. The monoisotopic (exact) mass is 271 g/mol. The van der Waals surface area contributed by atoms with E-state index in [1.807, 2.05) is 6.07 Å². The first-order chi connectivity index (χ1) is 9.41. The van der Waals surface area contributed by atoms with Crippen LogP contribution in [-0.2, 0) is 25.5 Å². The molecule has 1 aromatic rings. The van der Waals surface area contributed by atoms with Crippen molar-refractivity contribution in [1.29, 1.82) is 5.26 Å². The number of benzene rings is 1. The van der Waals surface area contributed by atoms with Crippen LogP contribution in [0.2, 0.25) is 0 Å². The number of esters is 2. The highest BCUT2D eigenvalue weighted by Crippen LogP contribution is 2.24. The van der Waals surface area contributed by atoms with Crippen molar-refractivity contribution in [3.05, 3.63) is 41.0 Å². The van der Waals surface area contributed by atoms with Crippen molar-refractivity contribution in [3.63, 3.8) is 0 Å². The number of hydrogen-bond donors (Lipinski definition) is 0. The van der Waals surface area contributed by atoms with Gasteiger partial charge in [0.15, 0.2) is 0 Å². The smallest absolute Gasteiger partial charge is 0.348 e. The van der Waals surface area contributed by atoms with Crippen LogP contribution in [-0.4, -0.2) is 17.7 Å². The fourth-order valence-electron chi connectivity index (χ4n) is 1.77. The largest absolute Gasteiger partial charge is 0.419 e. The molecule has 1 aromatic carbocycles. The van der Waals surface area contributed by atoms with Gasteiger partial charge in [-0.2, -0.15) is 5.26 Å². The molecule has 102 valence electrons. The lowest BCUT2D eigenvalue weighted by Crippen LogP contribution is -2.41. The Balaban J connectivity index is 2.24. The third-order valence-electron chi connectivity index (χ3n) is 2.69. The van der Waals surface area contributed by atoms with Gasteiger partial charge in [-0.05, 0) is 17.2 Å². The van der Waals surface area contributed by atoms with Gasteiger partial charge in [-0.15, -0.1) is 0 Å². The summed E-state index contributed by atoms with van der Waals surface area (Å²) in [5, 5.41) is 8.58. The highest BCUT2D eigenvalue weighted by molar-refractivity contribution is 6.18. The molecule has 0 atom stereocenters. The van der Waals surface area contributed by atoms with E-state index in [0.29, 0.717) is 12.0 Å². The SMILES string of the molecule is CC1(C)OC(=O)C(=Cc2ccc(CC#N)cc2)C(=O)O1. The molecule has 1 aliphatic heterocycles. The minimum Gasteiger partial charge on any atom is -0.419 e. The second kappa shape index (κ2) is 5.17. The standard InChI is InChI=1S/C15H13NO4/c1-15(2)19-13(17)12(14(18)20-15)9-11-5-3-10(4-6-11)7-8-16/h3-6,9H,7H2,1-2H3. The van der Waals surface area contributed by atoms with Gasteiger partial charge in [-0.3, -0.25) is 0 Å². The molecule has 0 amide bonds. The Bertz CT molecular complexity index is 598. The lowest BCUT2D eigenvalue weighted by molar-refractivity contribution is -0.222. The predicted molar refractivity (Wildman–Crippen MR) is 70.0 cm³/mol. The van der Waals surface area contributed by atoms with Crippen LogP contribution >= 0.6 is 0 Å². The Morgan fingerprint density at radius 1 is 1.15 bits per heavy atom. The Morgan fingerprint density at radius 3 is 2.20 bits per heavy atom. The van der Waals surface area contributed by atoms with E-state index >= 15 is 0 Å². The van der Waals surface area contributed by atoms with Crippen molar-refractivity contribution < 1.29 is 19.1 Å². The fraction of sp³-hybridized carbons (Fsp3) is 0.267. The summed E-state index contributed by atoms with van der Waals surface area (Å²) in [5.74, 6) is -2.64. The van der Waals surface area contributed by atoms with Gasteiger partial charge in [0, 0.05) is 13.8 Å². The van der Waals surface area contributed by atoms with E-state index in [1.165, 1.54) is 19.9 Å². The number of rotatable bonds is 2. The minimum atomic E-state index is -1.23. The molecule has 0 aromatic heterocycles. The molecule has 5 nitrogen and oxygen atoms in total. The van der Waals surface area contributed by atoms with Crippen molar-refractivity contribution in [3.8, 4) is 6.07 Å². The van der Waals surface area contributed by atoms with Crippen LogP contribution in [0.15, 0.2) is 29.8 Å². The quantitative estimate of drug-likeness (QED) is 0.467. The topological polar surface area (TPSA) is 76.4 Å². The molecule has 1 aliphatic rings. The molecule has 0 unspecified atom stereocenters. The Labute approximate surface area is 116 Å². The highest BCUT2D eigenvalue weighted by Gasteiger charge is 2.38. The molecule has 1 saturated heterocycles. The van der Waals surface area contributed by atoms with Gasteiger partial charge in [0.05, 0.1) is 12.5 Å². The van der Waals surface area contributed by atoms with Crippen LogP contribution in [0.4, 0.5) is 0 Å². The zero-order valence-corrected chi connectivity index (χ0v) is 11.2. The molecule has 2 rings (SSSR count). The summed E-state index contributed by atoms with van der Waals surface area (Å²) in [4.78, 5) is 23.5. The molecule has 0 radical (unpaired) electrons. The molecular formula is C15H13NO4. The van der Waals surface area contributed by atoms with E-state index in [0.717, 1.165) is 5.56 Å². The van der Waals surface area contributed by atoms with E-state index < -0.39 is 17.7 Å². The Morgan fingerprint density at radius 2 is 1.70 bits per heavy atom. The van der Waals surface area contributed by atoms with E-state index in [4.69, 9.17) is 14.7 Å². The number of ether oxygens (including phenoxy) is 2. The van der Waals surface area contributed by atoms with Crippen LogP contribution in [0.5, 0.6) is 0 Å². The molecule has 20 heavy (non-hydrogen) atoms. The number of carbonyl (C=O) groups excluding carboxylic acids is 2. The molecule has 0 spiro atoms. The summed E-state index contributed by atoms with van der Waals surface area (Å²) in [6.07, 6.45) is 1.73. The fourth-order valence-corrected chi connectivity index (χ4v) is 1.77. The van der Waals surface area contributed by atoms with Gasteiger partial charge in [0.2, 0.25) is 0 Å². The number of nitriles is 1. The third kappa shape index (κ3) is 3.04. The second-order valence-corrected chi connectivity index (χ2v) is 4.81. The van der Waals surface area contributed by atoms with Crippen LogP contribution in [0.25, 0.3) is 6.08 Å². The molecular weight excluding hydrogens is 258 g/mol. The first-order valence-corrected chi connectivity index (χ1v) is 6.05. The van der Waals surface area contributed by atoms with Gasteiger partial charge in [-0.1, -0.05) is 24.3 Å².